The van der Waals surface area contributed by atoms with E-state index in [1.807, 2.05) is 0 Å². The molecule has 0 saturated heterocycles. The van der Waals surface area contributed by atoms with Gasteiger partial charge in [-0.25, -0.2) is 0 Å². The molecule has 2 aliphatic rings. The zero-order chi connectivity index (χ0) is 14.4. The molecular formula is C17H30BrNO. The first kappa shape index (κ1) is 16.3. The summed E-state index contributed by atoms with van der Waals surface area (Å²) in [5.41, 5.74) is 0.0337. The van der Waals surface area contributed by atoms with Gasteiger partial charge in [-0.05, 0) is 44.4 Å². The van der Waals surface area contributed by atoms with Gasteiger partial charge in [0, 0.05) is 16.8 Å². The lowest BCUT2D eigenvalue weighted by Gasteiger charge is -2.40. The summed E-state index contributed by atoms with van der Waals surface area (Å²) in [6.45, 7) is 2.33. The topological polar surface area (TPSA) is 29.1 Å². The van der Waals surface area contributed by atoms with Crippen molar-refractivity contribution < 1.29 is 4.79 Å². The van der Waals surface area contributed by atoms with Crippen molar-refractivity contribution in [2.75, 3.05) is 5.33 Å². The number of amides is 1. The summed E-state index contributed by atoms with van der Waals surface area (Å²) in [7, 11) is 0. The normalized spacial score (nSPS) is 33.2. The van der Waals surface area contributed by atoms with E-state index in [-0.39, 0.29) is 11.5 Å². The van der Waals surface area contributed by atoms with Crippen LogP contribution in [0.1, 0.15) is 77.6 Å². The van der Waals surface area contributed by atoms with E-state index in [0.29, 0.717) is 5.91 Å². The van der Waals surface area contributed by atoms with E-state index in [1.165, 1.54) is 44.9 Å². The summed E-state index contributed by atoms with van der Waals surface area (Å²) in [5, 5.41) is 4.34. The van der Waals surface area contributed by atoms with E-state index in [2.05, 4.69) is 28.2 Å². The van der Waals surface area contributed by atoms with Crippen LogP contribution in [0, 0.1) is 11.8 Å². The lowest BCUT2D eigenvalue weighted by atomic mass is 9.78. The molecule has 2 saturated carbocycles. The Morgan fingerprint density at radius 2 is 1.60 bits per heavy atom. The molecule has 20 heavy (non-hydrogen) atoms. The Kier molecular flexibility index (Phi) is 6.38. The first-order valence-electron chi connectivity index (χ1n) is 8.53. The van der Waals surface area contributed by atoms with Gasteiger partial charge in [-0.15, -0.1) is 0 Å². The third kappa shape index (κ3) is 4.47. The second-order valence-corrected chi connectivity index (χ2v) is 7.69. The molecule has 1 N–H and O–H groups in total. The number of alkyl halides is 1. The first-order chi connectivity index (χ1) is 9.65. The summed E-state index contributed by atoms with van der Waals surface area (Å²) in [4.78, 5) is 12.6. The van der Waals surface area contributed by atoms with Crippen molar-refractivity contribution >= 4 is 21.8 Å². The number of hydrogen-bond acceptors (Lipinski definition) is 1. The number of nitrogens with one attached hydrogen (secondary N) is 1. The fourth-order valence-corrected chi connectivity index (χ4v) is 4.39. The Morgan fingerprint density at radius 3 is 2.15 bits per heavy atom. The molecule has 2 nitrogen and oxygen atoms in total. The van der Waals surface area contributed by atoms with E-state index in [1.54, 1.807) is 0 Å². The molecule has 0 aromatic heterocycles. The van der Waals surface area contributed by atoms with Crippen molar-refractivity contribution in [2.45, 2.75) is 83.1 Å². The van der Waals surface area contributed by atoms with Crippen molar-refractivity contribution in [1.29, 1.82) is 0 Å². The smallest absolute Gasteiger partial charge is 0.223 e. The molecule has 0 heterocycles. The molecule has 2 aliphatic carbocycles. The van der Waals surface area contributed by atoms with Gasteiger partial charge in [0.15, 0.2) is 0 Å². The number of halogens is 1. The van der Waals surface area contributed by atoms with Gasteiger partial charge in [0.05, 0.1) is 0 Å². The molecule has 2 fully saturated rings. The number of carbonyl (C=O) groups excluding carboxylic acids is 1. The molecule has 0 radical (unpaired) electrons. The number of rotatable bonds is 3. The van der Waals surface area contributed by atoms with Crippen LogP contribution in [0.25, 0.3) is 0 Å². The van der Waals surface area contributed by atoms with Gasteiger partial charge in [0.2, 0.25) is 5.91 Å². The predicted octanol–water partition coefficient (Wildman–Crippen LogP) is 4.81. The zero-order valence-electron chi connectivity index (χ0n) is 12.9. The van der Waals surface area contributed by atoms with Gasteiger partial charge in [0.1, 0.15) is 0 Å². The quantitative estimate of drug-likeness (QED) is 0.732. The minimum atomic E-state index is 0.0337. The van der Waals surface area contributed by atoms with Gasteiger partial charge in [-0.1, -0.05) is 55.0 Å². The monoisotopic (exact) mass is 343 g/mol. The van der Waals surface area contributed by atoms with Gasteiger partial charge in [-0.2, -0.15) is 0 Å². The van der Waals surface area contributed by atoms with Crippen LogP contribution in [0.2, 0.25) is 0 Å². The highest BCUT2D eigenvalue weighted by molar-refractivity contribution is 9.09. The van der Waals surface area contributed by atoms with Crippen LogP contribution < -0.4 is 5.32 Å². The second kappa shape index (κ2) is 7.82. The number of carbonyl (C=O) groups is 1. The predicted molar refractivity (Wildman–Crippen MR) is 88.1 cm³/mol. The third-order valence-corrected chi connectivity index (χ3v) is 6.42. The summed E-state index contributed by atoms with van der Waals surface area (Å²) >= 11 is 3.65. The maximum atomic E-state index is 12.6. The standard InChI is InChI=1S/C17H30BrNO/c1-14-9-11-17(13-18,12-10-14)19-16(20)15-7-5-3-2-4-6-8-15/h14-15H,2-13H2,1H3,(H,19,20). The molecule has 0 unspecified atom stereocenters. The van der Waals surface area contributed by atoms with Crippen LogP contribution >= 0.6 is 15.9 Å². The Balaban J connectivity index is 1.90. The fraction of sp³-hybridized carbons (Fsp3) is 0.941. The van der Waals surface area contributed by atoms with Crippen LogP contribution in [-0.2, 0) is 4.79 Å². The summed E-state index contributed by atoms with van der Waals surface area (Å²) in [5.74, 6) is 1.42. The molecule has 0 aromatic rings. The maximum absolute atomic E-state index is 12.6. The van der Waals surface area contributed by atoms with Crippen LogP contribution in [0.3, 0.4) is 0 Å². The molecule has 0 aliphatic heterocycles. The highest BCUT2D eigenvalue weighted by atomic mass is 79.9. The average molecular weight is 344 g/mol. The first-order valence-corrected chi connectivity index (χ1v) is 9.65. The molecule has 3 heteroatoms. The van der Waals surface area contributed by atoms with Gasteiger partial charge in [0.25, 0.3) is 0 Å². The largest absolute Gasteiger partial charge is 0.350 e. The molecule has 0 bridgehead atoms. The Hall–Kier alpha value is -0.0500. The SMILES string of the molecule is CC1CCC(CBr)(NC(=O)C2CCCCCCC2)CC1. The summed E-state index contributed by atoms with van der Waals surface area (Å²) in [6, 6.07) is 0. The number of hydrogen-bond donors (Lipinski definition) is 1. The lowest BCUT2D eigenvalue weighted by Crippen LogP contribution is -2.53. The average Bonchev–Trinajstić information content (AvgIpc) is 2.41. The van der Waals surface area contributed by atoms with Crippen molar-refractivity contribution in [1.82, 2.24) is 5.32 Å². The minimum Gasteiger partial charge on any atom is -0.350 e. The molecule has 0 spiro atoms. The van der Waals surface area contributed by atoms with Crippen molar-refractivity contribution in [2.24, 2.45) is 11.8 Å². The molecule has 1 amide bonds. The minimum absolute atomic E-state index is 0.0337. The summed E-state index contributed by atoms with van der Waals surface area (Å²) in [6.07, 6.45) is 13.4. The van der Waals surface area contributed by atoms with E-state index in [0.717, 1.165) is 36.9 Å². The van der Waals surface area contributed by atoms with E-state index in [9.17, 15) is 4.79 Å². The highest BCUT2D eigenvalue weighted by Crippen LogP contribution is 2.34. The Labute approximate surface area is 132 Å². The fourth-order valence-electron chi connectivity index (χ4n) is 3.69. The highest BCUT2D eigenvalue weighted by Gasteiger charge is 2.36. The van der Waals surface area contributed by atoms with Gasteiger partial charge in [-0.3, -0.25) is 4.79 Å². The van der Waals surface area contributed by atoms with Gasteiger partial charge < -0.3 is 5.32 Å². The van der Waals surface area contributed by atoms with Gasteiger partial charge >= 0.3 is 0 Å². The Bertz CT molecular complexity index is 302. The van der Waals surface area contributed by atoms with E-state index < -0.39 is 0 Å². The van der Waals surface area contributed by atoms with E-state index in [4.69, 9.17) is 0 Å². The molecular weight excluding hydrogens is 314 g/mol. The third-order valence-electron chi connectivity index (χ3n) is 5.35. The van der Waals surface area contributed by atoms with Crippen LogP contribution in [0.4, 0.5) is 0 Å². The van der Waals surface area contributed by atoms with Crippen molar-refractivity contribution in [3.8, 4) is 0 Å². The molecule has 2 rings (SSSR count). The molecule has 0 atom stereocenters. The van der Waals surface area contributed by atoms with Crippen LogP contribution in [0.5, 0.6) is 0 Å². The second-order valence-electron chi connectivity index (χ2n) is 7.13. The Morgan fingerprint density at radius 1 is 1.05 bits per heavy atom. The van der Waals surface area contributed by atoms with Crippen LogP contribution in [-0.4, -0.2) is 16.8 Å². The molecule has 0 aromatic carbocycles. The van der Waals surface area contributed by atoms with Crippen molar-refractivity contribution in [3.05, 3.63) is 0 Å². The lowest BCUT2D eigenvalue weighted by molar-refractivity contribution is -0.127. The maximum Gasteiger partial charge on any atom is 0.223 e. The zero-order valence-corrected chi connectivity index (χ0v) is 14.5. The molecule has 116 valence electrons. The summed E-state index contributed by atoms with van der Waals surface area (Å²) < 4.78 is 0. The van der Waals surface area contributed by atoms with Crippen molar-refractivity contribution in [3.63, 3.8) is 0 Å². The van der Waals surface area contributed by atoms with Crippen LogP contribution in [0.15, 0.2) is 0 Å². The van der Waals surface area contributed by atoms with E-state index >= 15 is 0 Å².